The summed E-state index contributed by atoms with van der Waals surface area (Å²) < 4.78 is 33.0. The van der Waals surface area contributed by atoms with Gasteiger partial charge in [-0.25, -0.2) is 14.4 Å². The summed E-state index contributed by atoms with van der Waals surface area (Å²) in [6.45, 7) is 3.73. The molecule has 0 saturated carbocycles. The van der Waals surface area contributed by atoms with Crippen LogP contribution in [0.4, 0.5) is 10.2 Å². The number of aryl methyl sites for hydroxylation is 1. The van der Waals surface area contributed by atoms with Gasteiger partial charge in [0.25, 0.3) is 0 Å². The molecule has 0 aliphatic carbocycles. The summed E-state index contributed by atoms with van der Waals surface area (Å²) >= 11 is 0. The number of ether oxygens (including phenoxy) is 3. The lowest BCUT2D eigenvalue weighted by atomic mass is 10.1. The number of fused-ring (bicyclic) bond motifs is 2. The van der Waals surface area contributed by atoms with Crippen molar-refractivity contribution in [2.45, 2.75) is 31.7 Å². The van der Waals surface area contributed by atoms with E-state index in [4.69, 9.17) is 14.2 Å². The van der Waals surface area contributed by atoms with Crippen LogP contribution in [0, 0.1) is 5.82 Å². The predicted octanol–water partition coefficient (Wildman–Crippen LogP) is 2.78. The third-order valence-electron chi connectivity index (χ3n) is 5.62. The van der Waals surface area contributed by atoms with Gasteiger partial charge in [-0.2, -0.15) is 0 Å². The van der Waals surface area contributed by atoms with Gasteiger partial charge < -0.3 is 19.1 Å². The van der Waals surface area contributed by atoms with Crippen LogP contribution in [0.15, 0.2) is 43.0 Å². The number of anilines is 1. The van der Waals surface area contributed by atoms with Gasteiger partial charge in [-0.05, 0) is 18.6 Å². The van der Waals surface area contributed by atoms with Crippen molar-refractivity contribution in [1.82, 2.24) is 15.0 Å². The zero-order chi connectivity index (χ0) is 20.5. The van der Waals surface area contributed by atoms with Gasteiger partial charge in [0.2, 0.25) is 0 Å². The SMILES string of the molecule is CCc1ncnc(N2C[C@@H]3OCC(Oc4cccc5cnccc45)CO[C@H]3C2)c1F. The zero-order valence-corrected chi connectivity index (χ0v) is 16.7. The predicted molar refractivity (Wildman–Crippen MR) is 109 cm³/mol. The fourth-order valence-corrected chi connectivity index (χ4v) is 4.05. The van der Waals surface area contributed by atoms with Crippen LogP contribution in [0.2, 0.25) is 0 Å². The van der Waals surface area contributed by atoms with Gasteiger partial charge in [0.05, 0.1) is 18.9 Å². The molecule has 2 aromatic heterocycles. The molecule has 2 saturated heterocycles. The average Bonchev–Trinajstić information content (AvgIpc) is 3.09. The molecule has 3 aromatic rings. The van der Waals surface area contributed by atoms with Gasteiger partial charge in [-0.1, -0.05) is 19.1 Å². The second-order valence-corrected chi connectivity index (χ2v) is 7.55. The molecular weight excluding hydrogens is 387 g/mol. The van der Waals surface area contributed by atoms with Gasteiger partial charge in [0.15, 0.2) is 11.6 Å². The molecule has 5 rings (SSSR count). The van der Waals surface area contributed by atoms with Crippen molar-refractivity contribution in [1.29, 1.82) is 0 Å². The Morgan fingerprint density at radius 3 is 2.70 bits per heavy atom. The topological polar surface area (TPSA) is 69.6 Å². The molecule has 7 nitrogen and oxygen atoms in total. The standard InChI is InChI=1S/C22H23FN4O3/c1-2-17-21(23)22(26-13-25-17)27-9-19-20(10-27)29-12-15(11-28-19)30-18-5-3-4-14-8-24-7-6-16(14)18/h3-8,13,15,19-20H,2,9-12H2,1H3/t19-,20-/m0/s1. The van der Waals surface area contributed by atoms with E-state index in [0.717, 1.165) is 16.5 Å². The van der Waals surface area contributed by atoms with E-state index in [9.17, 15) is 4.39 Å². The molecule has 4 heterocycles. The lowest BCUT2D eigenvalue weighted by molar-refractivity contribution is -0.00461. The van der Waals surface area contributed by atoms with E-state index in [-0.39, 0.29) is 24.1 Å². The highest BCUT2D eigenvalue weighted by Crippen LogP contribution is 2.29. The molecule has 0 amide bonds. The van der Waals surface area contributed by atoms with Crippen LogP contribution in [-0.2, 0) is 15.9 Å². The average molecular weight is 410 g/mol. The first-order valence-corrected chi connectivity index (χ1v) is 10.2. The van der Waals surface area contributed by atoms with Gasteiger partial charge >= 0.3 is 0 Å². The number of rotatable bonds is 4. The first-order chi connectivity index (χ1) is 14.7. The van der Waals surface area contributed by atoms with Crippen molar-refractivity contribution < 1.29 is 18.6 Å². The van der Waals surface area contributed by atoms with E-state index in [1.165, 1.54) is 6.33 Å². The second kappa shape index (κ2) is 8.12. The quantitative estimate of drug-likeness (QED) is 0.655. The van der Waals surface area contributed by atoms with Crippen LogP contribution in [0.25, 0.3) is 10.8 Å². The molecule has 0 bridgehead atoms. The minimum Gasteiger partial charge on any atom is -0.485 e. The van der Waals surface area contributed by atoms with Crippen LogP contribution in [-0.4, -0.2) is 59.6 Å². The van der Waals surface area contributed by atoms with E-state index in [2.05, 4.69) is 15.0 Å². The normalized spacial score (nSPS) is 22.1. The molecule has 0 radical (unpaired) electrons. The maximum atomic E-state index is 14.6. The zero-order valence-electron chi connectivity index (χ0n) is 16.7. The summed E-state index contributed by atoms with van der Waals surface area (Å²) in [5, 5.41) is 2.03. The summed E-state index contributed by atoms with van der Waals surface area (Å²) in [6.07, 6.45) is 4.98. The molecule has 1 aromatic carbocycles. The van der Waals surface area contributed by atoms with Crippen molar-refractivity contribution in [2.24, 2.45) is 0 Å². The molecule has 0 N–H and O–H groups in total. The van der Waals surface area contributed by atoms with E-state index in [1.807, 2.05) is 42.3 Å². The smallest absolute Gasteiger partial charge is 0.187 e. The lowest BCUT2D eigenvalue weighted by Gasteiger charge is -2.21. The Balaban J connectivity index is 1.26. The van der Waals surface area contributed by atoms with Gasteiger partial charge in [0, 0.05) is 36.3 Å². The first-order valence-electron chi connectivity index (χ1n) is 10.2. The maximum Gasteiger partial charge on any atom is 0.187 e. The van der Waals surface area contributed by atoms with E-state index < -0.39 is 0 Å². The third kappa shape index (κ3) is 3.57. The summed E-state index contributed by atoms with van der Waals surface area (Å²) in [4.78, 5) is 14.2. The summed E-state index contributed by atoms with van der Waals surface area (Å²) in [6, 6.07) is 7.84. The van der Waals surface area contributed by atoms with Gasteiger partial charge in [0.1, 0.15) is 30.4 Å². The molecule has 30 heavy (non-hydrogen) atoms. The number of halogens is 1. The molecule has 8 heteroatoms. The number of benzene rings is 1. The molecule has 2 fully saturated rings. The Hall–Kier alpha value is -2.84. The van der Waals surface area contributed by atoms with Crippen LogP contribution in [0.1, 0.15) is 12.6 Å². The minimum absolute atomic E-state index is 0.158. The molecule has 0 spiro atoms. The minimum atomic E-state index is -0.358. The van der Waals surface area contributed by atoms with E-state index >= 15 is 0 Å². The Morgan fingerprint density at radius 1 is 1.13 bits per heavy atom. The van der Waals surface area contributed by atoms with Crippen molar-refractivity contribution in [3.05, 3.63) is 54.5 Å². The highest BCUT2D eigenvalue weighted by atomic mass is 19.1. The number of aromatic nitrogens is 3. The Morgan fingerprint density at radius 2 is 1.93 bits per heavy atom. The largest absolute Gasteiger partial charge is 0.485 e. The number of pyridine rings is 1. The molecule has 2 aliphatic rings. The van der Waals surface area contributed by atoms with E-state index in [1.54, 1.807) is 6.20 Å². The van der Waals surface area contributed by atoms with Crippen LogP contribution in [0.5, 0.6) is 5.75 Å². The molecule has 2 atom stereocenters. The van der Waals surface area contributed by atoms with Crippen molar-refractivity contribution in [3.8, 4) is 5.75 Å². The summed E-state index contributed by atoms with van der Waals surface area (Å²) in [5.41, 5.74) is 0.424. The third-order valence-corrected chi connectivity index (χ3v) is 5.62. The van der Waals surface area contributed by atoms with Gasteiger partial charge in [-0.15, -0.1) is 0 Å². The number of hydrogen-bond acceptors (Lipinski definition) is 7. The Labute approximate surface area is 173 Å². The fraction of sp³-hybridized carbons (Fsp3) is 0.409. The van der Waals surface area contributed by atoms with Crippen molar-refractivity contribution >= 4 is 16.6 Å². The summed E-state index contributed by atoms with van der Waals surface area (Å²) in [7, 11) is 0. The van der Waals surface area contributed by atoms with Gasteiger partial charge in [-0.3, -0.25) is 4.98 Å². The molecular formula is C22H23FN4O3. The fourth-order valence-electron chi connectivity index (χ4n) is 4.05. The molecule has 0 unspecified atom stereocenters. The first kappa shape index (κ1) is 19.1. The van der Waals surface area contributed by atoms with E-state index in [0.29, 0.717) is 44.2 Å². The Kier molecular flexibility index (Phi) is 5.18. The number of nitrogens with zero attached hydrogens (tertiary/aromatic N) is 4. The number of hydrogen-bond donors (Lipinski definition) is 0. The van der Waals surface area contributed by atoms with Crippen molar-refractivity contribution in [2.75, 3.05) is 31.2 Å². The monoisotopic (exact) mass is 410 g/mol. The highest BCUT2D eigenvalue weighted by Gasteiger charge is 2.39. The second-order valence-electron chi connectivity index (χ2n) is 7.55. The maximum absolute atomic E-state index is 14.6. The van der Waals surface area contributed by atoms with Crippen LogP contribution < -0.4 is 9.64 Å². The molecule has 2 aliphatic heterocycles. The Bertz CT molecular complexity index is 1030. The summed E-state index contributed by atoms with van der Waals surface area (Å²) in [5.74, 6) is 0.748. The van der Waals surface area contributed by atoms with Crippen LogP contribution >= 0.6 is 0 Å². The van der Waals surface area contributed by atoms with Crippen molar-refractivity contribution in [3.63, 3.8) is 0 Å². The lowest BCUT2D eigenvalue weighted by Crippen LogP contribution is -2.30. The van der Waals surface area contributed by atoms with Crippen LogP contribution in [0.3, 0.4) is 0 Å². The highest BCUT2D eigenvalue weighted by molar-refractivity contribution is 5.87. The molecule has 156 valence electrons.